The van der Waals surface area contributed by atoms with Crippen LogP contribution in [0.3, 0.4) is 0 Å². The number of fused-ring (bicyclic) bond motifs is 1. The first-order valence-electron chi connectivity index (χ1n) is 4.91. The summed E-state index contributed by atoms with van der Waals surface area (Å²) < 4.78 is 7.21. The molecule has 3 heterocycles. The fourth-order valence-corrected chi connectivity index (χ4v) is 3.58. The molecule has 3 saturated heterocycles. The van der Waals surface area contributed by atoms with Crippen LogP contribution >= 0.6 is 0 Å². The molecular weight excluding hydrogens is 152 g/mol. The van der Waals surface area contributed by atoms with Crippen LogP contribution in [0.1, 0.15) is 6.42 Å². The van der Waals surface area contributed by atoms with E-state index in [1.165, 1.54) is 24.0 Å². The Hall–Kier alpha value is -0.120. The van der Waals surface area contributed by atoms with Gasteiger partial charge in [0.2, 0.25) is 0 Å². The number of nitrogens with zero attached hydrogens (tertiary/aromatic N) is 1. The van der Waals surface area contributed by atoms with Gasteiger partial charge in [0, 0.05) is 6.42 Å². The van der Waals surface area contributed by atoms with Crippen LogP contribution in [0.25, 0.3) is 0 Å². The zero-order valence-corrected chi connectivity index (χ0v) is 7.79. The van der Waals surface area contributed by atoms with E-state index in [1.54, 1.807) is 0 Å². The minimum absolute atomic E-state index is 0.498. The predicted molar refractivity (Wildman–Crippen MR) is 45.8 cm³/mol. The lowest BCUT2D eigenvalue weighted by Gasteiger charge is -2.33. The van der Waals surface area contributed by atoms with Crippen molar-refractivity contribution in [1.29, 1.82) is 0 Å². The highest BCUT2D eigenvalue weighted by Gasteiger charge is 2.65. The summed E-state index contributed by atoms with van der Waals surface area (Å²) in [6.07, 6.45) is 2.33. The summed E-state index contributed by atoms with van der Waals surface area (Å²) in [7, 11) is 4.45. The Morgan fingerprint density at radius 3 is 2.83 bits per heavy atom. The second-order valence-electron chi connectivity index (χ2n) is 4.69. The first-order chi connectivity index (χ1) is 5.74. The number of likely N-dealkylation sites (N-methyl/N-ethyl adjacent to an activating group) is 2. The monoisotopic (exact) mass is 169 g/mol. The molecule has 5 unspecified atom stereocenters. The average molecular weight is 169 g/mol. The summed E-state index contributed by atoms with van der Waals surface area (Å²) >= 11 is 0. The normalized spacial score (nSPS) is 61.5. The van der Waals surface area contributed by atoms with Crippen LogP contribution in [0.15, 0.2) is 0 Å². The second kappa shape index (κ2) is 2.03. The van der Waals surface area contributed by atoms with E-state index in [0.29, 0.717) is 18.2 Å². The fourth-order valence-electron chi connectivity index (χ4n) is 3.58. The summed E-state index contributed by atoms with van der Waals surface area (Å²) in [5.41, 5.74) is 0. The van der Waals surface area contributed by atoms with E-state index in [4.69, 9.17) is 4.74 Å². The van der Waals surface area contributed by atoms with Crippen molar-refractivity contribution in [2.45, 2.75) is 30.7 Å². The highest BCUT2D eigenvalue weighted by atomic mass is 16.5. The lowest BCUT2D eigenvalue weighted by molar-refractivity contribution is -0.916. The van der Waals surface area contributed by atoms with E-state index in [9.17, 15) is 0 Å². The maximum atomic E-state index is 5.94. The van der Waals surface area contributed by atoms with Crippen LogP contribution in [0.5, 0.6) is 0 Å². The van der Waals surface area contributed by atoms with E-state index in [2.05, 4.69) is 19.4 Å². The van der Waals surface area contributed by atoms with E-state index in [0.717, 1.165) is 6.04 Å². The number of ether oxygens (including phenoxy) is 1. The Morgan fingerprint density at radius 1 is 1.42 bits per heavy atom. The summed E-state index contributed by atoms with van der Waals surface area (Å²) in [5, 5.41) is 3.41. The van der Waals surface area contributed by atoms with Crippen molar-refractivity contribution < 1.29 is 9.22 Å². The van der Waals surface area contributed by atoms with Crippen LogP contribution in [0.2, 0.25) is 0 Å². The number of morpholine rings is 1. The molecule has 0 saturated carbocycles. The minimum atomic E-state index is 0.498. The maximum Gasteiger partial charge on any atom is 0.134 e. The summed E-state index contributed by atoms with van der Waals surface area (Å²) in [5.74, 6) is 0. The van der Waals surface area contributed by atoms with Gasteiger partial charge in [-0.1, -0.05) is 0 Å². The molecule has 0 radical (unpaired) electrons. The molecule has 0 aromatic carbocycles. The fraction of sp³-hybridized carbons (Fsp3) is 1.00. The molecule has 3 aliphatic heterocycles. The zero-order chi connectivity index (χ0) is 8.34. The van der Waals surface area contributed by atoms with Gasteiger partial charge in [0.05, 0.1) is 19.6 Å². The SMILES string of the molecule is CNC1C2C[N+]3(C)CCC(O2)C13. The summed E-state index contributed by atoms with van der Waals surface area (Å²) in [4.78, 5) is 0. The largest absolute Gasteiger partial charge is 0.361 e. The number of nitrogens with one attached hydrogen (secondary N) is 1. The average Bonchev–Trinajstić information content (AvgIpc) is 2.55. The molecule has 0 aromatic heterocycles. The van der Waals surface area contributed by atoms with Crippen LogP contribution < -0.4 is 5.32 Å². The van der Waals surface area contributed by atoms with E-state index in [-0.39, 0.29) is 0 Å². The number of rotatable bonds is 1. The van der Waals surface area contributed by atoms with Gasteiger partial charge in [-0.05, 0) is 7.05 Å². The van der Waals surface area contributed by atoms with E-state index >= 15 is 0 Å². The lowest BCUT2D eigenvalue weighted by atomic mass is 10.1. The topological polar surface area (TPSA) is 21.3 Å². The molecule has 3 heteroatoms. The van der Waals surface area contributed by atoms with Gasteiger partial charge in [-0.15, -0.1) is 0 Å². The molecule has 2 bridgehead atoms. The van der Waals surface area contributed by atoms with Crippen molar-refractivity contribution in [3.8, 4) is 0 Å². The van der Waals surface area contributed by atoms with Crippen molar-refractivity contribution in [3.05, 3.63) is 0 Å². The Balaban J connectivity index is 1.99. The summed E-state index contributed by atoms with van der Waals surface area (Å²) in [6, 6.07) is 1.38. The molecule has 3 aliphatic rings. The third-order valence-electron chi connectivity index (χ3n) is 4.07. The smallest absolute Gasteiger partial charge is 0.134 e. The molecule has 0 aromatic rings. The van der Waals surface area contributed by atoms with Gasteiger partial charge in [0.15, 0.2) is 0 Å². The van der Waals surface area contributed by atoms with Gasteiger partial charge in [0.25, 0.3) is 0 Å². The molecule has 68 valence electrons. The molecule has 0 aliphatic carbocycles. The Labute approximate surface area is 73.3 Å². The molecule has 0 spiro atoms. The van der Waals surface area contributed by atoms with Crippen molar-refractivity contribution in [2.75, 3.05) is 27.2 Å². The molecule has 12 heavy (non-hydrogen) atoms. The maximum absolute atomic E-state index is 5.94. The van der Waals surface area contributed by atoms with Crippen molar-refractivity contribution in [2.24, 2.45) is 0 Å². The van der Waals surface area contributed by atoms with Gasteiger partial charge in [0.1, 0.15) is 24.8 Å². The van der Waals surface area contributed by atoms with E-state index < -0.39 is 0 Å². The lowest BCUT2D eigenvalue weighted by Crippen LogP contribution is -2.51. The highest BCUT2D eigenvalue weighted by Crippen LogP contribution is 2.44. The molecular formula is C9H17N2O+. The van der Waals surface area contributed by atoms with Crippen molar-refractivity contribution >= 4 is 0 Å². The Morgan fingerprint density at radius 2 is 2.25 bits per heavy atom. The van der Waals surface area contributed by atoms with Crippen LogP contribution in [0.4, 0.5) is 0 Å². The van der Waals surface area contributed by atoms with Crippen LogP contribution in [-0.2, 0) is 4.74 Å². The first-order valence-corrected chi connectivity index (χ1v) is 4.91. The molecule has 3 fully saturated rings. The Bertz CT molecular complexity index is 221. The predicted octanol–water partition coefficient (Wildman–Crippen LogP) is -0.426. The van der Waals surface area contributed by atoms with Crippen molar-refractivity contribution in [3.63, 3.8) is 0 Å². The standard InChI is InChI=1S/C9H17N2O/c1-10-8-7-5-11(2)4-3-6(12-7)9(8)11/h6-10H,3-5H2,1-2H3/q+1. The third kappa shape index (κ3) is 0.640. The number of hydrogen-bond acceptors (Lipinski definition) is 2. The molecule has 0 amide bonds. The van der Waals surface area contributed by atoms with Gasteiger partial charge in [-0.25, -0.2) is 0 Å². The molecule has 3 rings (SSSR count). The van der Waals surface area contributed by atoms with E-state index in [1.807, 2.05) is 0 Å². The highest BCUT2D eigenvalue weighted by molar-refractivity contribution is 5.04. The van der Waals surface area contributed by atoms with Gasteiger partial charge in [-0.2, -0.15) is 0 Å². The van der Waals surface area contributed by atoms with Crippen LogP contribution in [0, 0.1) is 0 Å². The molecule has 5 atom stereocenters. The van der Waals surface area contributed by atoms with Crippen molar-refractivity contribution in [1.82, 2.24) is 5.32 Å². The second-order valence-corrected chi connectivity index (χ2v) is 4.69. The molecule has 1 N–H and O–H groups in total. The quantitative estimate of drug-likeness (QED) is 0.538. The summed E-state index contributed by atoms with van der Waals surface area (Å²) in [6.45, 7) is 2.55. The van der Waals surface area contributed by atoms with Gasteiger partial charge < -0.3 is 14.5 Å². The number of quaternary nitrogens is 1. The zero-order valence-electron chi connectivity index (χ0n) is 7.79. The van der Waals surface area contributed by atoms with Gasteiger partial charge >= 0.3 is 0 Å². The van der Waals surface area contributed by atoms with Gasteiger partial charge in [-0.3, -0.25) is 0 Å². The minimum Gasteiger partial charge on any atom is -0.361 e. The Kier molecular flexibility index (Phi) is 1.23. The first kappa shape index (κ1) is 7.30. The number of hydrogen-bond donors (Lipinski definition) is 1. The van der Waals surface area contributed by atoms with Crippen LogP contribution in [-0.4, -0.2) is 56.0 Å². The molecule has 3 nitrogen and oxygen atoms in total. The third-order valence-corrected chi connectivity index (χ3v) is 4.07.